The van der Waals surface area contributed by atoms with Gasteiger partial charge in [-0.05, 0) is 30.3 Å². The molecule has 0 N–H and O–H groups in total. The van der Waals surface area contributed by atoms with Crippen molar-refractivity contribution in [2.45, 2.75) is 16.8 Å². The summed E-state index contributed by atoms with van der Waals surface area (Å²) in [6.07, 6.45) is -3.26. The van der Waals surface area contributed by atoms with Crippen molar-refractivity contribution in [2.24, 2.45) is 0 Å². The minimum Gasteiger partial charge on any atom is -0.481 e. The molecule has 2 heterocycles. The number of fused-ring (bicyclic) bond motifs is 1. The van der Waals surface area contributed by atoms with Crippen molar-refractivity contribution in [1.82, 2.24) is 4.98 Å². The van der Waals surface area contributed by atoms with Crippen LogP contribution in [0.2, 0.25) is 0 Å². The van der Waals surface area contributed by atoms with Crippen LogP contribution in [-0.4, -0.2) is 25.9 Å². The van der Waals surface area contributed by atoms with Gasteiger partial charge in [0.1, 0.15) is 22.3 Å². The number of carbonyl (C=O) groups is 1. The standard InChI is InChI=1S/C19H12F4N2O4S2/c20-13-7-11(19(21,22)23)1-3-14(13)25-15-4-2-12(8-16(15)29-9-18(25)26)31(27,28)10-17-24-5-6-30-17/h1-8H,9-10H2. The second kappa shape index (κ2) is 7.61. The number of benzene rings is 2. The lowest BCUT2D eigenvalue weighted by Crippen LogP contribution is -2.35. The highest BCUT2D eigenvalue weighted by Gasteiger charge is 2.34. The Labute approximate surface area is 177 Å². The fourth-order valence-electron chi connectivity index (χ4n) is 3.03. The van der Waals surface area contributed by atoms with E-state index in [4.69, 9.17) is 4.74 Å². The molecule has 6 nitrogen and oxygen atoms in total. The van der Waals surface area contributed by atoms with E-state index in [1.807, 2.05) is 0 Å². The van der Waals surface area contributed by atoms with Crippen LogP contribution in [0, 0.1) is 5.82 Å². The van der Waals surface area contributed by atoms with Crippen LogP contribution in [-0.2, 0) is 26.6 Å². The van der Waals surface area contributed by atoms with E-state index in [0.29, 0.717) is 17.1 Å². The molecule has 0 bridgehead atoms. The molecule has 1 aliphatic heterocycles. The van der Waals surface area contributed by atoms with Crippen LogP contribution in [0.15, 0.2) is 52.9 Å². The van der Waals surface area contributed by atoms with E-state index >= 15 is 0 Å². The molecule has 31 heavy (non-hydrogen) atoms. The van der Waals surface area contributed by atoms with Gasteiger partial charge < -0.3 is 4.74 Å². The van der Waals surface area contributed by atoms with Gasteiger partial charge in [-0.1, -0.05) is 0 Å². The fraction of sp³-hybridized carbons (Fsp3) is 0.158. The van der Waals surface area contributed by atoms with Gasteiger partial charge in [-0.3, -0.25) is 9.69 Å². The number of amides is 1. The van der Waals surface area contributed by atoms with Crippen LogP contribution >= 0.6 is 11.3 Å². The highest BCUT2D eigenvalue weighted by molar-refractivity contribution is 7.90. The fourth-order valence-corrected chi connectivity index (χ4v) is 5.29. The minimum absolute atomic E-state index is 0.0147. The minimum atomic E-state index is -4.74. The zero-order chi connectivity index (χ0) is 22.4. The highest BCUT2D eigenvalue weighted by Crippen LogP contribution is 2.41. The number of alkyl halides is 3. The molecule has 1 amide bonds. The van der Waals surface area contributed by atoms with E-state index in [2.05, 4.69) is 4.98 Å². The van der Waals surface area contributed by atoms with Gasteiger partial charge in [-0.25, -0.2) is 17.8 Å². The molecule has 162 valence electrons. The van der Waals surface area contributed by atoms with E-state index in [9.17, 15) is 30.8 Å². The normalized spacial score (nSPS) is 14.3. The summed E-state index contributed by atoms with van der Waals surface area (Å²) in [6.45, 7) is -0.538. The summed E-state index contributed by atoms with van der Waals surface area (Å²) in [5.74, 6) is -2.32. The second-order valence-electron chi connectivity index (χ2n) is 6.50. The Morgan fingerprint density at radius 2 is 1.87 bits per heavy atom. The molecule has 0 saturated carbocycles. The van der Waals surface area contributed by atoms with Crippen LogP contribution in [0.4, 0.5) is 28.9 Å². The smallest absolute Gasteiger partial charge is 0.416 e. The third-order valence-electron chi connectivity index (χ3n) is 4.44. The number of ether oxygens (including phenoxy) is 1. The lowest BCUT2D eigenvalue weighted by molar-refractivity contribution is -0.137. The molecule has 3 aromatic rings. The van der Waals surface area contributed by atoms with Crippen LogP contribution < -0.4 is 9.64 Å². The summed E-state index contributed by atoms with van der Waals surface area (Å²) in [5, 5.41) is 2.03. The van der Waals surface area contributed by atoms with Crippen LogP contribution in [0.25, 0.3) is 0 Å². The molecule has 0 fully saturated rings. The number of nitrogens with zero attached hydrogens (tertiary/aromatic N) is 2. The Morgan fingerprint density at radius 3 is 2.52 bits per heavy atom. The number of carbonyl (C=O) groups excluding carboxylic acids is 1. The number of rotatable bonds is 4. The topological polar surface area (TPSA) is 76.6 Å². The molecule has 12 heteroatoms. The summed E-state index contributed by atoms with van der Waals surface area (Å²) in [7, 11) is -3.78. The summed E-state index contributed by atoms with van der Waals surface area (Å²) in [4.78, 5) is 17.1. The van der Waals surface area contributed by atoms with Gasteiger partial charge in [0.25, 0.3) is 5.91 Å². The SMILES string of the molecule is O=C1COc2cc(S(=O)(=O)Cc3nccs3)ccc2N1c1ccc(C(F)(F)F)cc1F. The average Bonchev–Trinajstić information content (AvgIpc) is 3.19. The lowest BCUT2D eigenvalue weighted by atomic mass is 10.1. The number of thiazole rings is 1. The van der Waals surface area contributed by atoms with E-state index in [0.717, 1.165) is 11.0 Å². The van der Waals surface area contributed by atoms with Crippen molar-refractivity contribution < 1.29 is 35.5 Å². The van der Waals surface area contributed by atoms with Crippen LogP contribution in [0.3, 0.4) is 0 Å². The number of hydrogen-bond donors (Lipinski definition) is 0. The number of sulfone groups is 1. The van der Waals surface area contributed by atoms with E-state index < -0.39 is 45.6 Å². The molecular formula is C19H12F4N2O4S2. The van der Waals surface area contributed by atoms with Crippen molar-refractivity contribution >= 4 is 38.5 Å². The van der Waals surface area contributed by atoms with Gasteiger partial charge in [-0.15, -0.1) is 11.3 Å². The van der Waals surface area contributed by atoms with Gasteiger partial charge >= 0.3 is 6.18 Å². The first-order valence-corrected chi connectivity index (χ1v) is 11.2. The Balaban J connectivity index is 1.72. The number of halogens is 4. The molecule has 0 atom stereocenters. The van der Waals surface area contributed by atoms with Crippen molar-refractivity contribution in [3.63, 3.8) is 0 Å². The molecular weight excluding hydrogens is 460 g/mol. The maximum atomic E-state index is 14.5. The monoisotopic (exact) mass is 472 g/mol. The first-order valence-electron chi connectivity index (χ1n) is 8.64. The van der Waals surface area contributed by atoms with Crippen molar-refractivity contribution in [2.75, 3.05) is 11.5 Å². The van der Waals surface area contributed by atoms with Gasteiger partial charge in [0, 0.05) is 17.6 Å². The number of hydrogen-bond acceptors (Lipinski definition) is 6. The largest absolute Gasteiger partial charge is 0.481 e. The van der Waals surface area contributed by atoms with Crippen molar-refractivity contribution in [3.8, 4) is 5.75 Å². The van der Waals surface area contributed by atoms with Crippen LogP contribution in [0.1, 0.15) is 10.6 Å². The van der Waals surface area contributed by atoms with E-state index in [1.54, 1.807) is 5.38 Å². The molecule has 1 aliphatic rings. The number of anilines is 2. The van der Waals surface area contributed by atoms with Gasteiger partial charge in [0.2, 0.25) is 0 Å². The van der Waals surface area contributed by atoms with Crippen molar-refractivity contribution in [3.05, 3.63) is 64.4 Å². The van der Waals surface area contributed by atoms with Gasteiger partial charge in [-0.2, -0.15) is 13.2 Å². The lowest BCUT2D eigenvalue weighted by Gasteiger charge is -2.30. The first-order chi connectivity index (χ1) is 14.6. The Hall–Kier alpha value is -2.99. The maximum Gasteiger partial charge on any atom is 0.416 e. The Morgan fingerprint density at radius 1 is 1.13 bits per heavy atom. The molecule has 4 rings (SSSR count). The summed E-state index contributed by atoms with van der Waals surface area (Å²) in [5.41, 5.74) is -1.58. The zero-order valence-electron chi connectivity index (χ0n) is 15.4. The highest BCUT2D eigenvalue weighted by atomic mass is 32.2. The summed E-state index contributed by atoms with van der Waals surface area (Å²) < 4.78 is 83.5. The summed E-state index contributed by atoms with van der Waals surface area (Å²) >= 11 is 1.18. The quantitative estimate of drug-likeness (QED) is 0.529. The van der Waals surface area contributed by atoms with E-state index in [1.165, 1.54) is 35.7 Å². The molecule has 0 aliphatic carbocycles. The number of aromatic nitrogens is 1. The first kappa shape index (κ1) is 21.2. The molecule has 0 radical (unpaired) electrons. The Kier molecular flexibility index (Phi) is 5.21. The zero-order valence-corrected chi connectivity index (χ0v) is 17.0. The second-order valence-corrected chi connectivity index (χ2v) is 9.46. The summed E-state index contributed by atoms with van der Waals surface area (Å²) in [6, 6.07) is 5.47. The predicted molar refractivity (Wildman–Crippen MR) is 103 cm³/mol. The molecule has 0 spiro atoms. The van der Waals surface area contributed by atoms with Gasteiger partial charge in [0.05, 0.1) is 21.8 Å². The molecule has 0 saturated heterocycles. The van der Waals surface area contributed by atoms with Crippen LogP contribution in [0.5, 0.6) is 5.75 Å². The molecule has 1 aromatic heterocycles. The van der Waals surface area contributed by atoms with E-state index in [-0.39, 0.29) is 22.1 Å². The predicted octanol–water partition coefficient (Wildman–Crippen LogP) is 4.33. The molecule has 0 unspecified atom stereocenters. The third kappa shape index (κ3) is 4.12. The average molecular weight is 472 g/mol. The Bertz CT molecular complexity index is 1260. The van der Waals surface area contributed by atoms with Gasteiger partial charge in [0.15, 0.2) is 16.4 Å². The maximum absolute atomic E-state index is 14.5. The molecule has 2 aromatic carbocycles. The third-order valence-corrected chi connectivity index (χ3v) is 7.03. The van der Waals surface area contributed by atoms with Crippen molar-refractivity contribution in [1.29, 1.82) is 0 Å².